The van der Waals surface area contributed by atoms with Crippen molar-refractivity contribution in [3.63, 3.8) is 0 Å². The first-order valence-corrected chi connectivity index (χ1v) is 5.90. The Morgan fingerprint density at radius 2 is 1.65 bits per heavy atom. The van der Waals surface area contributed by atoms with Crippen LogP contribution in [0.2, 0.25) is 0 Å². The van der Waals surface area contributed by atoms with E-state index in [0.29, 0.717) is 11.3 Å². The molecule has 0 saturated carbocycles. The van der Waals surface area contributed by atoms with Gasteiger partial charge in [-0.15, -0.1) is 0 Å². The van der Waals surface area contributed by atoms with Crippen LogP contribution < -0.4 is 5.32 Å². The number of ketones is 1. The third-order valence-electron chi connectivity index (χ3n) is 2.56. The maximum Gasteiger partial charge on any atom is 0.296 e. The standard InChI is InChI=1S/C12H13NO2.C2H6/c1-12(2,3)8-6-4-5-7-9(8)13-11(15)10(7)14;1-2/h4-6H,1-3H3,(H,13,14,15);1-2H3. The van der Waals surface area contributed by atoms with E-state index in [4.69, 9.17) is 0 Å². The van der Waals surface area contributed by atoms with Crippen LogP contribution in [0.1, 0.15) is 50.5 Å². The summed E-state index contributed by atoms with van der Waals surface area (Å²) >= 11 is 0. The van der Waals surface area contributed by atoms with Crippen LogP contribution in [0.5, 0.6) is 0 Å². The summed E-state index contributed by atoms with van der Waals surface area (Å²) in [6.07, 6.45) is 0. The summed E-state index contributed by atoms with van der Waals surface area (Å²) in [6.45, 7) is 10.2. The van der Waals surface area contributed by atoms with Gasteiger partial charge in [0, 0.05) is 0 Å². The van der Waals surface area contributed by atoms with Gasteiger partial charge in [0.15, 0.2) is 0 Å². The van der Waals surface area contributed by atoms with Crippen molar-refractivity contribution in [2.24, 2.45) is 0 Å². The molecule has 17 heavy (non-hydrogen) atoms. The number of carbonyl (C=O) groups excluding carboxylic acids is 2. The van der Waals surface area contributed by atoms with Gasteiger partial charge in [-0.25, -0.2) is 0 Å². The Balaban J connectivity index is 0.000000686. The molecule has 1 N–H and O–H groups in total. The van der Waals surface area contributed by atoms with Crippen LogP contribution in [-0.2, 0) is 10.2 Å². The Labute approximate surface area is 102 Å². The molecule has 0 saturated heterocycles. The summed E-state index contributed by atoms with van der Waals surface area (Å²) in [5, 5.41) is 2.63. The van der Waals surface area contributed by atoms with Crippen LogP contribution in [0.25, 0.3) is 0 Å². The summed E-state index contributed by atoms with van der Waals surface area (Å²) in [4.78, 5) is 22.7. The smallest absolute Gasteiger partial charge is 0.296 e. The number of hydrogen-bond donors (Lipinski definition) is 1. The van der Waals surface area contributed by atoms with Crippen LogP contribution >= 0.6 is 0 Å². The zero-order valence-electron chi connectivity index (χ0n) is 11.0. The highest BCUT2D eigenvalue weighted by Gasteiger charge is 2.32. The predicted molar refractivity (Wildman–Crippen MR) is 69.5 cm³/mol. The number of Topliss-reactive ketones (excluding diaryl/α,β-unsaturated/α-hetero) is 1. The normalized spacial score (nSPS) is 13.7. The Hall–Kier alpha value is -1.64. The monoisotopic (exact) mass is 233 g/mol. The minimum absolute atomic E-state index is 0.0801. The van der Waals surface area contributed by atoms with Crippen molar-refractivity contribution in [3.8, 4) is 0 Å². The van der Waals surface area contributed by atoms with Crippen molar-refractivity contribution in [1.82, 2.24) is 0 Å². The molecule has 0 spiro atoms. The lowest BCUT2D eigenvalue weighted by Gasteiger charge is -2.21. The van der Waals surface area contributed by atoms with Gasteiger partial charge >= 0.3 is 0 Å². The second-order valence-corrected chi connectivity index (χ2v) is 4.76. The number of nitrogens with one attached hydrogen (secondary N) is 1. The third kappa shape index (κ3) is 2.38. The van der Waals surface area contributed by atoms with E-state index in [1.807, 2.05) is 26.0 Å². The van der Waals surface area contributed by atoms with Crippen LogP contribution in [0, 0.1) is 0 Å². The Bertz CT molecular complexity index is 456. The largest absolute Gasteiger partial charge is 0.318 e. The van der Waals surface area contributed by atoms with Crippen molar-refractivity contribution < 1.29 is 9.59 Å². The molecular formula is C14H19NO2. The highest BCUT2D eigenvalue weighted by atomic mass is 16.2. The average Bonchev–Trinajstić information content (AvgIpc) is 2.56. The van der Waals surface area contributed by atoms with Gasteiger partial charge in [-0.2, -0.15) is 0 Å². The first-order chi connectivity index (χ1) is 7.91. The molecule has 1 amide bonds. The number of hydrogen-bond acceptors (Lipinski definition) is 2. The van der Waals surface area contributed by atoms with Crippen molar-refractivity contribution >= 4 is 17.4 Å². The van der Waals surface area contributed by atoms with Crippen molar-refractivity contribution in [2.45, 2.75) is 40.0 Å². The molecule has 0 fully saturated rings. The summed E-state index contributed by atoms with van der Waals surface area (Å²) in [5.74, 6) is -0.960. The van der Waals surface area contributed by atoms with E-state index >= 15 is 0 Å². The topological polar surface area (TPSA) is 46.2 Å². The number of rotatable bonds is 0. The van der Waals surface area contributed by atoms with Gasteiger partial charge in [0.1, 0.15) is 0 Å². The Morgan fingerprint density at radius 3 is 2.18 bits per heavy atom. The Kier molecular flexibility index (Phi) is 3.71. The van der Waals surface area contributed by atoms with Gasteiger partial charge in [-0.3, -0.25) is 9.59 Å². The molecule has 1 heterocycles. The van der Waals surface area contributed by atoms with Gasteiger partial charge in [0.2, 0.25) is 0 Å². The minimum Gasteiger partial charge on any atom is -0.318 e. The van der Waals surface area contributed by atoms with Crippen LogP contribution in [-0.4, -0.2) is 11.7 Å². The zero-order valence-corrected chi connectivity index (χ0v) is 11.0. The van der Waals surface area contributed by atoms with E-state index in [1.54, 1.807) is 6.07 Å². The predicted octanol–water partition coefficient (Wildman–Crippen LogP) is 3.15. The highest BCUT2D eigenvalue weighted by molar-refractivity contribution is 6.51. The van der Waals surface area contributed by atoms with E-state index in [0.717, 1.165) is 5.56 Å². The first-order valence-electron chi connectivity index (χ1n) is 5.90. The molecule has 0 radical (unpaired) electrons. The zero-order chi connectivity index (χ0) is 13.2. The van der Waals surface area contributed by atoms with Gasteiger partial charge in [-0.1, -0.05) is 46.8 Å². The molecule has 0 atom stereocenters. The molecule has 2 rings (SSSR count). The van der Waals surface area contributed by atoms with Crippen molar-refractivity contribution in [1.29, 1.82) is 0 Å². The number of carbonyl (C=O) groups is 2. The van der Waals surface area contributed by atoms with E-state index in [1.165, 1.54) is 0 Å². The van der Waals surface area contributed by atoms with Crippen LogP contribution in [0.15, 0.2) is 18.2 Å². The fraction of sp³-hybridized carbons (Fsp3) is 0.429. The molecule has 1 aromatic carbocycles. The van der Waals surface area contributed by atoms with Gasteiger partial charge in [-0.05, 0) is 17.0 Å². The fourth-order valence-corrected chi connectivity index (χ4v) is 1.79. The van der Waals surface area contributed by atoms with Crippen molar-refractivity contribution in [2.75, 3.05) is 5.32 Å². The van der Waals surface area contributed by atoms with E-state index < -0.39 is 11.7 Å². The molecule has 1 aliphatic heterocycles. The number of para-hydroxylation sites is 1. The summed E-state index contributed by atoms with van der Waals surface area (Å²) in [6, 6.07) is 5.44. The molecule has 3 heteroatoms. The molecule has 1 aliphatic rings. The molecule has 1 aromatic rings. The number of anilines is 1. The van der Waals surface area contributed by atoms with Gasteiger partial charge in [0.05, 0.1) is 11.3 Å². The number of fused-ring (bicyclic) bond motifs is 1. The second kappa shape index (κ2) is 4.70. The SMILES string of the molecule is CC.CC(C)(C)c1cccc2c1NC(=O)C2=O. The molecule has 0 aliphatic carbocycles. The quantitative estimate of drug-likeness (QED) is 0.700. The highest BCUT2D eigenvalue weighted by Crippen LogP contribution is 2.35. The average molecular weight is 233 g/mol. The lowest BCUT2D eigenvalue weighted by Crippen LogP contribution is -2.15. The molecule has 3 nitrogen and oxygen atoms in total. The minimum atomic E-state index is -0.526. The molecule has 92 valence electrons. The first kappa shape index (κ1) is 13.4. The Morgan fingerprint density at radius 1 is 1.06 bits per heavy atom. The molecular weight excluding hydrogens is 214 g/mol. The van der Waals surface area contributed by atoms with Gasteiger partial charge in [0.25, 0.3) is 11.7 Å². The fourth-order valence-electron chi connectivity index (χ4n) is 1.79. The second-order valence-electron chi connectivity index (χ2n) is 4.76. The summed E-state index contributed by atoms with van der Waals surface area (Å²) in [7, 11) is 0. The summed E-state index contributed by atoms with van der Waals surface area (Å²) < 4.78 is 0. The molecule has 0 bridgehead atoms. The molecule has 0 aromatic heterocycles. The van der Waals surface area contributed by atoms with Crippen LogP contribution in [0.3, 0.4) is 0 Å². The third-order valence-corrected chi connectivity index (χ3v) is 2.56. The summed E-state index contributed by atoms with van der Waals surface area (Å²) in [5.41, 5.74) is 2.09. The number of amides is 1. The van der Waals surface area contributed by atoms with Crippen LogP contribution in [0.4, 0.5) is 5.69 Å². The molecule has 0 unspecified atom stereocenters. The van der Waals surface area contributed by atoms with E-state index in [-0.39, 0.29) is 5.41 Å². The van der Waals surface area contributed by atoms with Gasteiger partial charge < -0.3 is 5.32 Å². The maximum atomic E-state index is 11.5. The van der Waals surface area contributed by atoms with Crippen molar-refractivity contribution in [3.05, 3.63) is 29.3 Å². The van der Waals surface area contributed by atoms with E-state index in [2.05, 4.69) is 26.1 Å². The lowest BCUT2D eigenvalue weighted by atomic mass is 9.85. The van der Waals surface area contributed by atoms with E-state index in [9.17, 15) is 9.59 Å². The maximum absolute atomic E-state index is 11.5. The number of benzene rings is 1. The lowest BCUT2D eigenvalue weighted by molar-refractivity contribution is -0.112.